The summed E-state index contributed by atoms with van der Waals surface area (Å²) < 4.78 is 5.51. The number of hydrogen-bond acceptors (Lipinski definition) is 1. The van der Waals surface area contributed by atoms with Gasteiger partial charge in [-0.25, -0.2) is 9.55 Å². The molecular weight excluding hydrogens is 350 g/mol. The molecular formula is C19H15BrN3+. The predicted molar refractivity (Wildman–Crippen MR) is 94.5 cm³/mol. The summed E-state index contributed by atoms with van der Waals surface area (Å²) in [6.45, 7) is 0.807. The zero-order chi connectivity index (χ0) is 15.6. The van der Waals surface area contributed by atoms with Gasteiger partial charge in [0.05, 0.1) is 0 Å². The van der Waals surface area contributed by atoms with E-state index in [4.69, 9.17) is 0 Å². The molecule has 0 aliphatic carbocycles. The number of halogens is 1. The molecule has 112 valence electrons. The maximum absolute atomic E-state index is 4.48. The minimum absolute atomic E-state index is 0.807. The van der Waals surface area contributed by atoms with Crippen LogP contribution in [0.25, 0.3) is 16.9 Å². The van der Waals surface area contributed by atoms with Crippen LogP contribution in [0.15, 0.2) is 83.7 Å². The van der Waals surface area contributed by atoms with Crippen LogP contribution in [0.4, 0.5) is 0 Å². The Hall–Kier alpha value is -2.46. The Morgan fingerprint density at radius 2 is 1.70 bits per heavy atom. The van der Waals surface area contributed by atoms with Gasteiger partial charge in [-0.05, 0) is 24.3 Å². The summed E-state index contributed by atoms with van der Waals surface area (Å²) >= 11 is 3.64. The van der Waals surface area contributed by atoms with E-state index < -0.39 is 0 Å². The van der Waals surface area contributed by atoms with E-state index in [0.29, 0.717) is 0 Å². The van der Waals surface area contributed by atoms with Crippen LogP contribution in [0.5, 0.6) is 0 Å². The number of pyridine rings is 1. The van der Waals surface area contributed by atoms with Crippen molar-refractivity contribution >= 4 is 27.0 Å². The fourth-order valence-corrected chi connectivity index (χ4v) is 3.20. The average Bonchev–Trinajstić information content (AvgIpc) is 2.97. The van der Waals surface area contributed by atoms with Crippen molar-refractivity contribution in [2.24, 2.45) is 0 Å². The highest BCUT2D eigenvalue weighted by Gasteiger charge is 2.18. The van der Waals surface area contributed by atoms with Crippen molar-refractivity contribution in [2.45, 2.75) is 6.54 Å². The molecule has 4 rings (SSSR count). The Kier molecular flexibility index (Phi) is 3.67. The second kappa shape index (κ2) is 5.97. The van der Waals surface area contributed by atoms with Crippen LogP contribution in [-0.2, 0) is 6.54 Å². The van der Waals surface area contributed by atoms with Gasteiger partial charge in [-0.15, -0.1) is 0 Å². The van der Waals surface area contributed by atoms with Crippen LogP contribution < -0.4 is 4.57 Å². The number of hydrogen-bond donors (Lipinski definition) is 0. The van der Waals surface area contributed by atoms with E-state index in [0.717, 1.165) is 22.4 Å². The first-order valence-electron chi connectivity index (χ1n) is 7.47. The third-order valence-electron chi connectivity index (χ3n) is 3.90. The quantitative estimate of drug-likeness (QED) is 0.501. The highest BCUT2D eigenvalue weighted by atomic mass is 79.9. The summed E-state index contributed by atoms with van der Waals surface area (Å²) in [5.41, 5.74) is 3.59. The van der Waals surface area contributed by atoms with Crippen molar-refractivity contribution in [2.75, 3.05) is 0 Å². The molecule has 0 bridgehead atoms. The normalized spacial score (nSPS) is 11.0. The predicted octanol–water partition coefficient (Wildman–Crippen LogP) is 4.12. The van der Waals surface area contributed by atoms with Gasteiger partial charge in [0, 0.05) is 22.3 Å². The molecule has 0 radical (unpaired) electrons. The number of rotatable bonds is 3. The lowest BCUT2D eigenvalue weighted by Crippen LogP contribution is -2.33. The first kappa shape index (κ1) is 14.2. The highest BCUT2D eigenvalue weighted by molar-refractivity contribution is 9.10. The lowest BCUT2D eigenvalue weighted by Gasteiger charge is -2.01. The van der Waals surface area contributed by atoms with Crippen LogP contribution in [0, 0.1) is 0 Å². The van der Waals surface area contributed by atoms with Gasteiger partial charge >= 0.3 is 0 Å². The first-order chi connectivity index (χ1) is 11.3. The first-order valence-corrected chi connectivity index (χ1v) is 8.26. The molecule has 0 saturated carbocycles. The summed E-state index contributed by atoms with van der Waals surface area (Å²) in [6.07, 6.45) is 3.94. The average molecular weight is 365 g/mol. The number of benzene rings is 2. The summed E-state index contributed by atoms with van der Waals surface area (Å²) in [7, 11) is 0. The molecule has 0 aliphatic rings. The molecule has 0 N–H and O–H groups in total. The zero-order valence-corrected chi connectivity index (χ0v) is 14.0. The SMILES string of the molecule is Brc1ccccc1C[n+]1cn(-c2ccccn2)c2ccccc21. The van der Waals surface area contributed by atoms with Crippen LogP contribution in [0.3, 0.4) is 0 Å². The van der Waals surface area contributed by atoms with E-state index in [-0.39, 0.29) is 0 Å². The van der Waals surface area contributed by atoms with Gasteiger partial charge in [0.15, 0.2) is 11.0 Å². The molecule has 0 saturated heterocycles. The van der Waals surface area contributed by atoms with Crippen LogP contribution in [0.2, 0.25) is 0 Å². The fraction of sp³-hybridized carbons (Fsp3) is 0.0526. The highest BCUT2D eigenvalue weighted by Crippen LogP contribution is 2.18. The van der Waals surface area contributed by atoms with E-state index in [1.165, 1.54) is 11.1 Å². The lowest BCUT2D eigenvalue weighted by atomic mass is 10.2. The second-order valence-corrected chi connectivity index (χ2v) is 6.24. The van der Waals surface area contributed by atoms with Crippen molar-refractivity contribution in [1.29, 1.82) is 0 Å². The largest absolute Gasteiger partial charge is 0.251 e. The number of aromatic nitrogens is 3. The van der Waals surface area contributed by atoms with Crippen molar-refractivity contribution in [1.82, 2.24) is 9.55 Å². The van der Waals surface area contributed by atoms with Gasteiger partial charge in [0.25, 0.3) is 6.33 Å². The molecule has 0 fully saturated rings. The maximum Gasteiger partial charge on any atom is 0.251 e. The number of imidazole rings is 1. The number of fused-ring (bicyclic) bond motifs is 1. The van der Waals surface area contributed by atoms with Crippen LogP contribution in [-0.4, -0.2) is 9.55 Å². The standard InChI is InChI=1S/C19H15BrN3/c20-16-8-2-1-7-15(16)13-22-14-23(19-11-5-6-12-21-19)18-10-4-3-9-17(18)22/h1-12,14H,13H2/q+1. The van der Waals surface area contributed by atoms with Gasteiger partial charge in [0.1, 0.15) is 6.54 Å². The van der Waals surface area contributed by atoms with E-state index in [1.807, 2.05) is 30.5 Å². The summed E-state index contributed by atoms with van der Waals surface area (Å²) in [6, 6.07) is 22.7. The summed E-state index contributed by atoms with van der Waals surface area (Å²) in [5.74, 6) is 0.926. The summed E-state index contributed by atoms with van der Waals surface area (Å²) in [4.78, 5) is 4.48. The second-order valence-electron chi connectivity index (χ2n) is 5.38. The number of para-hydroxylation sites is 2. The smallest absolute Gasteiger partial charge is 0.225 e. The topological polar surface area (TPSA) is 21.7 Å². The monoisotopic (exact) mass is 364 g/mol. The lowest BCUT2D eigenvalue weighted by molar-refractivity contribution is -0.663. The zero-order valence-electron chi connectivity index (χ0n) is 12.4. The Balaban J connectivity index is 1.87. The van der Waals surface area contributed by atoms with Crippen molar-refractivity contribution < 1.29 is 4.57 Å². The fourth-order valence-electron chi connectivity index (χ4n) is 2.79. The minimum Gasteiger partial charge on any atom is -0.225 e. The van der Waals surface area contributed by atoms with Crippen molar-refractivity contribution in [3.05, 3.63) is 89.3 Å². The molecule has 0 spiro atoms. The molecule has 0 amide bonds. The molecule has 23 heavy (non-hydrogen) atoms. The third kappa shape index (κ3) is 2.66. The summed E-state index contributed by atoms with van der Waals surface area (Å²) in [5, 5.41) is 0. The van der Waals surface area contributed by atoms with Gasteiger partial charge in [-0.1, -0.05) is 52.3 Å². The molecule has 2 heterocycles. The molecule has 3 nitrogen and oxygen atoms in total. The third-order valence-corrected chi connectivity index (χ3v) is 4.67. The van der Waals surface area contributed by atoms with E-state index in [9.17, 15) is 0 Å². The molecule has 4 heteroatoms. The van der Waals surface area contributed by atoms with E-state index in [2.05, 4.69) is 78.8 Å². The molecule has 2 aromatic carbocycles. The Morgan fingerprint density at radius 1 is 0.913 bits per heavy atom. The van der Waals surface area contributed by atoms with Gasteiger partial charge in [-0.3, -0.25) is 0 Å². The maximum atomic E-state index is 4.48. The minimum atomic E-state index is 0.807. The molecule has 4 aromatic rings. The van der Waals surface area contributed by atoms with E-state index >= 15 is 0 Å². The van der Waals surface area contributed by atoms with Crippen molar-refractivity contribution in [3.63, 3.8) is 0 Å². The Labute approximate surface area is 143 Å². The van der Waals surface area contributed by atoms with Crippen molar-refractivity contribution in [3.8, 4) is 5.82 Å². The molecule has 2 aromatic heterocycles. The van der Waals surface area contributed by atoms with Gasteiger partial charge in [-0.2, -0.15) is 4.57 Å². The van der Waals surface area contributed by atoms with Gasteiger partial charge < -0.3 is 0 Å². The van der Waals surface area contributed by atoms with Crippen LogP contribution >= 0.6 is 15.9 Å². The number of nitrogens with zero attached hydrogens (tertiary/aromatic N) is 3. The molecule has 0 unspecified atom stereocenters. The Bertz CT molecular complexity index is 961. The van der Waals surface area contributed by atoms with E-state index in [1.54, 1.807) is 0 Å². The molecule has 0 aliphatic heterocycles. The Morgan fingerprint density at radius 3 is 2.52 bits per heavy atom. The van der Waals surface area contributed by atoms with Gasteiger partial charge in [0.2, 0.25) is 5.82 Å². The molecule has 0 atom stereocenters. The van der Waals surface area contributed by atoms with Crippen LogP contribution in [0.1, 0.15) is 5.56 Å².